The van der Waals surface area contributed by atoms with Crippen molar-refractivity contribution in [1.82, 2.24) is 10.3 Å². The Hall–Kier alpha value is -2.53. The van der Waals surface area contributed by atoms with Gasteiger partial charge >= 0.3 is 0 Å². The first-order valence-corrected chi connectivity index (χ1v) is 9.54. The standard InChI is InChI=1S/C20H25N3O2.C2H6/c1-5-15-7-6-8-16(9-15)17-10-18(20(14(4)24)22-11-17)23-19(25)12-21-13(2)3;1-2/h6-11,13,21H,5,12H2,1-4H3,(H,23,25);1-2H3. The predicted octanol–water partition coefficient (Wildman–Crippen LogP) is 4.48. The second-order valence-electron chi connectivity index (χ2n) is 6.31. The van der Waals surface area contributed by atoms with Crippen LogP contribution in [0.3, 0.4) is 0 Å². The second-order valence-corrected chi connectivity index (χ2v) is 6.31. The van der Waals surface area contributed by atoms with Gasteiger partial charge in [0.25, 0.3) is 0 Å². The Labute approximate surface area is 162 Å². The van der Waals surface area contributed by atoms with Crippen molar-refractivity contribution in [2.75, 3.05) is 11.9 Å². The third-order valence-electron chi connectivity index (χ3n) is 3.83. The van der Waals surface area contributed by atoms with E-state index in [-0.39, 0.29) is 30.0 Å². The number of hydrogen-bond acceptors (Lipinski definition) is 4. The maximum absolute atomic E-state index is 12.1. The molecular weight excluding hydrogens is 338 g/mol. The van der Waals surface area contributed by atoms with E-state index in [4.69, 9.17) is 0 Å². The molecule has 0 spiro atoms. The number of nitrogens with zero attached hydrogens (tertiary/aromatic N) is 1. The van der Waals surface area contributed by atoms with E-state index in [1.807, 2.05) is 45.9 Å². The molecule has 0 aliphatic carbocycles. The number of anilines is 1. The molecule has 5 heteroatoms. The van der Waals surface area contributed by atoms with Crippen molar-refractivity contribution in [3.05, 3.63) is 47.8 Å². The molecule has 0 saturated heterocycles. The molecular formula is C22H31N3O2. The Morgan fingerprint density at radius 1 is 1.11 bits per heavy atom. The van der Waals surface area contributed by atoms with Crippen molar-refractivity contribution >= 4 is 17.4 Å². The van der Waals surface area contributed by atoms with E-state index in [0.717, 1.165) is 17.5 Å². The van der Waals surface area contributed by atoms with Gasteiger partial charge in [0.05, 0.1) is 12.2 Å². The number of benzene rings is 1. The van der Waals surface area contributed by atoms with Crippen LogP contribution in [0.1, 0.15) is 57.6 Å². The Bertz CT molecular complexity index is 770. The quantitative estimate of drug-likeness (QED) is 0.706. The summed E-state index contributed by atoms with van der Waals surface area (Å²) in [6, 6.07) is 10.2. The molecule has 1 amide bonds. The number of pyridine rings is 1. The van der Waals surface area contributed by atoms with Crippen LogP contribution in [0.15, 0.2) is 36.5 Å². The third kappa shape index (κ3) is 6.94. The van der Waals surface area contributed by atoms with Crippen LogP contribution in [0.25, 0.3) is 11.1 Å². The monoisotopic (exact) mass is 369 g/mol. The first-order valence-electron chi connectivity index (χ1n) is 9.54. The van der Waals surface area contributed by atoms with Gasteiger partial charge in [-0.2, -0.15) is 0 Å². The van der Waals surface area contributed by atoms with E-state index >= 15 is 0 Å². The average molecular weight is 370 g/mol. The largest absolute Gasteiger partial charge is 0.323 e. The van der Waals surface area contributed by atoms with Crippen molar-refractivity contribution in [3.63, 3.8) is 0 Å². The highest BCUT2D eigenvalue weighted by molar-refractivity contribution is 6.03. The fourth-order valence-electron chi connectivity index (χ4n) is 2.46. The van der Waals surface area contributed by atoms with Gasteiger partial charge in [0.1, 0.15) is 5.69 Å². The van der Waals surface area contributed by atoms with Gasteiger partial charge < -0.3 is 10.6 Å². The van der Waals surface area contributed by atoms with E-state index in [1.165, 1.54) is 12.5 Å². The number of rotatable bonds is 7. The van der Waals surface area contributed by atoms with Crippen molar-refractivity contribution in [1.29, 1.82) is 0 Å². The molecule has 0 aliphatic rings. The smallest absolute Gasteiger partial charge is 0.238 e. The maximum atomic E-state index is 12.1. The Morgan fingerprint density at radius 2 is 1.81 bits per heavy atom. The first-order chi connectivity index (χ1) is 12.9. The van der Waals surface area contributed by atoms with E-state index in [9.17, 15) is 9.59 Å². The van der Waals surface area contributed by atoms with Gasteiger partial charge in [-0.3, -0.25) is 14.6 Å². The maximum Gasteiger partial charge on any atom is 0.238 e. The lowest BCUT2D eigenvalue weighted by molar-refractivity contribution is -0.115. The number of Topliss-reactive ketones (excluding diaryl/α,β-unsaturated/α-hetero) is 1. The minimum Gasteiger partial charge on any atom is -0.323 e. The molecule has 2 rings (SSSR count). The zero-order valence-corrected chi connectivity index (χ0v) is 17.2. The summed E-state index contributed by atoms with van der Waals surface area (Å²) in [4.78, 5) is 28.2. The van der Waals surface area contributed by atoms with Gasteiger partial charge in [0.15, 0.2) is 5.78 Å². The third-order valence-corrected chi connectivity index (χ3v) is 3.83. The molecule has 0 radical (unpaired) electrons. The predicted molar refractivity (Wildman–Crippen MR) is 112 cm³/mol. The molecule has 0 fully saturated rings. The van der Waals surface area contributed by atoms with Crippen LogP contribution >= 0.6 is 0 Å². The molecule has 2 aromatic rings. The summed E-state index contributed by atoms with van der Waals surface area (Å²) in [6.45, 7) is 11.7. The van der Waals surface area contributed by atoms with Gasteiger partial charge in [0.2, 0.25) is 5.91 Å². The van der Waals surface area contributed by atoms with E-state index in [1.54, 1.807) is 6.20 Å². The molecule has 0 unspecified atom stereocenters. The lowest BCUT2D eigenvalue weighted by Crippen LogP contribution is -2.33. The number of aromatic nitrogens is 1. The minimum absolute atomic E-state index is 0.180. The molecule has 146 valence electrons. The van der Waals surface area contributed by atoms with E-state index < -0.39 is 0 Å². The molecule has 0 aliphatic heterocycles. The SMILES string of the molecule is CC.CCc1cccc(-c2cnc(C(C)=O)c(NC(=O)CNC(C)C)c2)c1. The van der Waals surface area contributed by atoms with Gasteiger partial charge in [-0.25, -0.2) is 0 Å². The topological polar surface area (TPSA) is 71.1 Å². The zero-order valence-electron chi connectivity index (χ0n) is 17.2. The zero-order chi connectivity index (χ0) is 20.4. The number of nitrogens with one attached hydrogen (secondary N) is 2. The molecule has 2 N–H and O–H groups in total. The molecule has 1 heterocycles. The van der Waals surface area contributed by atoms with Gasteiger partial charge in [-0.15, -0.1) is 0 Å². The number of aryl methyl sites for hydroxylation is 1. The van der Waals surface area contributed by atoms with Crippen molar-refractivity contribution in [2.24, 2.45) is 0 Å². The van der Waals surface area contributed by atoms with Crippen molar-refractivity contribution in [2.45, 2.75) is 54.0 Å². The summed E-state index contributed by atoms with van der Waals surface area (Å²) in [5.74, 6) is -0.376. The molecule has 27 heavy (non-hydrogen) atoms. The van der Waals surface area contributed by atoms with Gasteiger partial charge in [-0.05, 0) is 23.6 Å². The first kappa shape index (κ1) is 22.5. The molecule has 1 aromatic heterocycles. The molecule has 0 saturated carbocycles. The summed E-state index contributed by atoms with van der Waals surface area (Å²) in [6.07, 6.45) is 2.62. The summed E-state index contributed by atoms with van der Waals surface area (Å²) in [5, 5.41) is 5.86. The van der Waals surface area contributed by atoms with Crippen LogP contribution in [-0.4, -0.2) is 29.3 Å². The second kappa shape index (κ2) is 11.2. The number of carbonyl (C=O) groups is 2. The number of carbonyl (C=O) groups excluding carboxylic acids is 2. The molecule has 0 atom stereocenters. The highest BCUT2D eigenvalue weighted by Gasteiger charge is 2.14. The molecule has 0 bridgehead atoms. The highest BCUT2D eigenvalue weighted by Crippen LogP contribution is 2.25. The summed E-state index contributed by atoms with van der Waals surface area (Å²) < 4.78 is 0. The van der Waals surface area contributed by atoms with Gasteiger partial charge in [-0.1, -0.05) is 58.9 Å². The minimum atomic E-state index is -0.197. The van der Waals surface area contributed by atoms with Crippen LogP contribution < -0.4 is 10.6 Å². The number of ketones is 1. The summed E-state index contributed by atoms with van der Waals surface area (Å²) >= 11 is 0. The average Bonchev–Trinajstić information content (AvgIpc) is 2.67. The fourth-order valence-corrected chi connectivity index (χ4v) is 2.46. The van der Waals surface area contributed by atoms with E-state index in [0.29, 0.717) is 5.69 Å². The fraction of sp³-hybridized carbons (Fsp3) is 0.409. The van der Waals surface area contributed by atoms with Gasteiger partial charge in [0, 0.05) is 24.7 Å². The van der Waals surface area contributed by atoms with Crippen LogP contribution in [0.5, 0.6) is 0 Å². The van der Waals surface area contributed by atoms with Crippen LogP contribution in [0.4, 0.5) is 5.69 Å². The van der Waals surface area contributed by atoms with Crippen molar-refractivity contribution in [3.8, 4) is 11.1 Å². The Balaban J connectivity index is 0.00000176. The molecule has 1 aromatic carbocycles. The van der Waals surface area contributed by atoms with E-state index in [2.05, 4.69) is 34.7 Å². The number of hydrogen-bond donors (Lipinski definition) is 2. The van der Waals surface area contributed by atoms with Crippen molar-refractivity contribution < 1.29 is 9.59 Å². The molecule has 5 nitrogen and oxygen atoms in total. The lowest BCUT2D eigenvalue weighted by atomic mass is 10.0. The Kier molecular flexibility index (Phi) is 9.37. The lowest BCUT2D eigenvalue weighted by Gasteiger charge is -2.13. The summed E-state index contributed by atoms with van der Waals surface area (Å²) in [7, 11) is 0. The highest BCUT2D eigenvalue weighted by atomic mass is 16.2. The summed E-state index contributed by atoms with van der Waals surface area (Å²) in [5.41, 5.74) is 3.82. The normalized spacial score (nSPS) is 10.2. The van der Waals surface area contributed by atoms with Crippen LogP contribution in [0.2, 0.25) is 0 Å². The van der Waals surface area contributed by atoms with Crippen LogP contribution in [-0.2, 0) is 11.2 Å². The Morgan fingerprint density at radius 3 is 2.41 bits per heavy atom. The number of amides is 1. The van der Waals surface area contributed by atoms with Crippen LogP contribution in [0, 0.1) is 0 Å².